The standard InChI is InChI=1S/C18H23FN6O2/c1-24-8-7-21-17(24)15-11-20-6-9-25(15)16(26)12-23-18(27)22-10-13-2-4-14(19)5-3-13/h2-5,7-8,15,20H,6,9-12H2,1H3,(H2,22,23,27). The van der Waals surface area contributed by atoms with Crippen molar-refractivity contribution >= 4 is 11.9 Å². The van der Waals surface area contributed by atoms with E-state index in [-0.39, 0.29) is 30.9 Å². The van der Waals surface area contributed by atoms with E-state index in [1.54, 1.807) is 23.2 Å². The van der Waals surface area contributed by atoms with Gasteiger partial charge in [-0.25, -0.2) is 14.2 Å². The SMILES string of the molecule is Cn1ccnc1C1CNCCN1C(=O)CNC(=O)NCc1ccc(F)cc1. The van der Waals surface area contributed by atoms with E-state index in [1.165, 1.54) is 12.1 Å². The molecule has 2 aromatic rings. The first kappa shape index (κ1) is 18.8. The van der Waals surface area contributed by atoms with Crippen molar-refractivity contribution in [1.29, 1.82) is 0 Å². The van der Waals surface area contributed by atoms with Crippen LogP contribution in [0.15, 0.2) is 36.7 Å². The second kappa shape index (κ2) is 8.63. The molecule has 1 aromatic carbocycles. The molecule has 3 amide bonds. The van der Waals surface area contributed by atoms with Gasteiger partial charge in [0.1, 0.15) is 17.7 Å². The molecule has 1 atom stereocenters. The van der Waals surface area contributed by atoms with Crippen LogP contribution in [0.5, 0.6) is 0 Å². The number of aromatic nitrogens is 2. The number of carbonyl (C=O) groups excluding carboxylic acids is 2. The number of halogens is 1. The van der Waals surface area contributed by atoms with E-state index in [2.05, 4.69) is 20.9 Å². The van der Waals surface area contributed by atoms with Crippen molar-refractivity contribution in [3.8, 4) is 0 Å². The Bertz CT molecular complexity index is 791. The highest BCUT2D eigenvalue weighted by atomic mass is 19.1. The Labute approximate surface area is 156 Å². The van der Waals surface area contributed by atoms with Gasteiger partial charge in [-0.05, 0) is 17.7 Å². The normalized spacial score (nSPS) is 16.8. The third-order valence-electron chi connectivity index (χ3n) is 4.49. The van der Waals surface area contributed by atoms with E-state index >= 15 is 0 Å². The summed E-state index contributed by atoms with van der Waals surface area (Å²) in [6.07, 6.45) is 3.54. The molecule has 8 nitrogen and oxygen atoms in total. The van der Waals surface area contributed by atoms with Gasteiger partial charge in [-0.2, -0.15) is 0 Å². The molecule has 1 fully saturated rings. The van der Waals surface area contributed by atoms with Crippen molar-refractivity contribution < 1.29 is 14.0 Å². The van der Waals surface area contributed by atoms with Crippen LogP contribution in [0.25, 0.3) is 0 Å². The van der Waals surface area contributed by atoms with E-state index in [1.807, 2.05) is 17.8 Å². The van der Waals surface area contributed by atoms with E-state index < -0.39 is 6.03 Å². The number of hydrogen-bond acceptors (Lipinski definition) is 4. The van der Waals surface area contributed by atoms with Crippen LogP contribution in [0.4, 0.5) is 9.18 Å². The molecular formula is C18H23FN6O2. The lowest BCUT2D eigenvalue weighted by Crippen LogP contribution is -2.52. The third kappa shape index (κ3) is 4.82. The Morgan fingerprint density at radius 2 is 2.07 bits per heavy atom. The highest BCUT2D eigenvalue weighted by Gasteiger charge is 2.30. The molecule has 0 bridgehead atoms. The molecule has 144 valence electrons. The molecule has 3 rings (SSSR count). The summed E-state index contributed by atoms with van der Waals surface area (Å²) in [5.74, 6) is 0.310. The quantitative estimate of drug-likeness (QED) is 0.712. The molecule has 1 aliphatic rings. The molecule has 2 heterocycles. The minimum atomic E-state index is -0.448. The molecule has 0 saturated carbocycles. The van der Waals surface area contributed by atoms with Gasteiger partial charge in [0.2, 0.25) is 5.91 Å². The molecule has 27 heavy (non-hydrogen) atoms. The van der Waals surface area contributed by atoms with Crippen molar-refractivity contribution in [1.82, 2.24) is 30.4 Å². The van der Waals surface area contributed by atoms with Gasteiger partial charge in [0.15, 0.2) is 0 Å². The fourth-order valence-corrected chi connectivity index (χ4v) is 3.04. The lowest BCUT2D eigenvalue weighted by Gasteiger charge is -2.35. The molecule has 1 saturated heterocycles. The second-order valence-electron chi connectivity index (χ2n) is 6.37. The van der Waals surface area contributed by atoms with Crippen molar-refractivity contribution in [2.75, 3.05) is 26.2 Å². The Balaban J connectivity index is 1.50. The summed E-state index contributed by atoms with van der Waals surface area (Å²) in [6.45, 7) is 2.02. The number of amides is 3. The van der Waals surface area contributed by atoms with Gasteiger partial charge < -0.3 is 25.4 Å². The predicted molar refractivity (Wildman–Crippen MR) is 97.2 cm³/mol. The molecular weight excluding hydrogens is 351 g/mol. The minimum absolute atomic E-state index is 0.101. The van der Waals surface area contributed by atoms with Gasteiger partial charge in [0.05, 0.1) is 6.54 Å². The number of nitrogens with zero attached hydrogens (tertiary/aromatic N) is 3. The number of rotatable bonds is 5. The molecule has 3 N–H and O–H groups in total. The summed E-state index contributed by atoms with van der Waals surface area (Å²) >= 11 is 0. The summed E-state index contributed by atoms with van der Waals surface area (Å²) in [5, 5.41) is 8.50. The number of hydrogen-bond donors (Lipinski definition) is 3. The number of aryl methyl sites for hydroxylation is 1. The smallest absolute Gasteiger partial charge is 0.315 e. The van der Waals surface area contributed by atoms with Crippen molar-refractivity contribution in [3.63, 3.8) is 0 Å². The van der Waals surface area contributed by atoms with Crippen LogP contribution >= 0.6 is 0 Å². The van der Waals surface area contributed by atoms with E-state index in [0.29, 0.717) is 19.6 Å². The number of benzene rings is 1. The van der Waals surface area contributed by atoms with Gasteiger partial charge in [0, 0.05) is 45.6 Å². The summed E-state index contributed by atoms with van der Waals surface area (Å²) in [6, 6.07) is 5.24. The summed E-state index contributed by atoms with van der Waals surface area (Å²) in [7, 11) is 1.89. The van der Waals surface area contributed by atoms with Gasteiger partial charge in [-0.1, -0.05) is 12.1 Å². The Kier molecular flexibility index (Phi) is 6.02. The molecule has 9 heteroatoms. The largest absolute Gasteiger partial charge is 0.336 e. The first-order valence-corrected chi connectivity index (χ1v) is 8.78. The highest BCUT2D eigenvalue weighted by molar-refractivity contribution is 5.84. The van der Waals surface area contributed by atoms with Crippen LogP contribution in [0.2, 0.25) is 0 Å². The van der Waals surface area contributed by atoms with Gasteiger partial charge >= 0.3 is 6.03 Å². The zero-order valence-corrected chi connectivity index (χ0v) is 15.1. The Morgan fingerprint density at radius 3 is 2.78 bits per heavy atom. The third-order valence-corrected chi connectivity index (χ3v) is 4.49. The predicted octanol–water partition coefficient (Wildman–Crippen LogP) is 0.532. The summed E-state index contributed by atoms with van der Waals surface area (Å²) in [4.78, 5) is 30.6. The zero-order valence-electron chi connectivity index (χ0n) is 15.1. The van der Waals surface area contributed by atoms with Gasteiger partial charge in [0.25, 0.3) is 0 Å². The van der Waals surface area contributed by atoms with Crippen LogP contribution in [0, 0.1) is 5.82 Å². The van der Waals surface area contributed by atoms with Crippen molar-refractivity contribution in [2.24, 2.45) is 7.05 Å². The fraction of sp³-hybridized carbons (Fsp3) is 0.389. The lowest BCUT2D eigenvalue weighted by atomic mass is 10.1. The molecule has 1 aliphatic heterocycles. The second-order valence-corrected chi connectivity index (χ2v) is 6.37. The maximum Gasteiger partial charge on any atom is 0.315 e. The van der Waals surface area contributed by atoms with Crippen molar-refractivity contribution in [3.05, 3.63) is 53.9 Å². The molecule has 0 aliphatic carbocycles. The number of urea groups is 1. The fourth-order valence-electron chi connectivity index (χ4n) is 3.04. The first-order valence-electron chi connectivity index (χ1n) is 8.78. The van der Waals surface area contributed by atoms with Crippen LogP contribution in [-0.4, -0.2) is 52.6 Å². The lowest BCUT2D eigenvalue weighted by molar-refractivity contribution is -0.133. The van der Waals surface area contributed by atoms with E-state index in [9.17, 15) is 14.0 Å². The van der Waals surface area contributed by atoms with Gasteiger partial charge in [-0.3, -0.25) is 4.79 Å². The van der Waals surface area contributed by atoms with Crippen LogP contribution in [0.1, 0.15) is 17.4 Å². The maximum atomic E-state index is 12.9. The first-order chi connectivity index (χ1) is 13.0. The van der Waals surface area contributed by atoms with Crippen LogP contribution in [0.3, 0.4) is 0 Å². The molecule has 1 unspecified atom stereocenters. The average molecular weight is 374 g/mol. The monoisotopic (exact) mass is 374 g/mol. The topological polar surface area (TPSA) is 91.3 Å². The number of nitrogens with one attached hydrogen (secondary N) is 3. The van der Waals surface area contributed by atoms with Crippen molar-refractivity contribution in [2.45, 2.75) is 12.6 Å². The average Bonchev–Trinajstić information content (AvgIpc) is 3.11. The Hall–Kier alpha value is -2.94. The Morgan fingerprint density at radius 1 is 1.30 bits per heavy atom. The van der Waals surface area contributed by atoms with Crippen LogP contribution in [-0.2, 0) is 18.4 Å². The minimum Gasteiger partial charge on any atom is -0.336 e. The number of imidazole rings is 1. The summed E-state index contributed by atoms with van der Waals surface area (Å²) in [5.41, 5.74) is 0.773. The number of carbonyl (C=O) groups is 2. The van der Waals surface area contributed by atoms with E-state index in [0.717, 1.165) is 11.4 Å². The van der Waals surface area contributed by atoms with E-state index in [4.69, 9.17) is 0 Å². The summed E-state index contributed by atoms with van der Waals surface area (Å²) < 4.78 is 14.8. The highest BCUT2D eigenvalue weighted by Crippen LogP contribution is 2.20. The molecule has 1 aromatic heterocycles. The van der Waals surface area contributed by atoms with Gasteiger partial charge in [-0.15, -0.1) is 0 Å². The maximum absolute atomic E-state index is 12.9. The van der Waals surface area contributed by atoms with Crippen LogP contribution < -0.4 is 16.0 Å². The number of piperazine rings is 1. The zero-order chi connectivity index (χ0) is 19.2. The molecule has 0 spiro atoms. The molecule has 0 radical (unpaired) electrons.